The molecular formula is C17H23Cl2N3O. The van der Waals surface area contributed by atoms with E-state index in [0.717, 1.165) is 39.3 Å². The molecule has 1 aromatic carbocycles. The molecule has 0 bridgehead atoms. The van der Waals surface area contributed by atoms with Gasteiger partial charge < -0.3 is 5.32 Å². The smallest absolute Gasteiger partial charge is 0.226 e. The third-order valence-electron chi connectivity index (χ3n) is 4.58. The molecule has 3 rings (SSSR count). The lowest BCUT2D eigenvalue weighted by Crippen LogP contribution is -2.48. The number of rotatable bonds is 6. The van der Waals surface area contributed by atoms with Crippen molar-refractivity contribution < 1.29 is 4.79 Å². The van der Waals surface area contributed by atoms with Crippen LogP contribution in [-0.2, 0) is 11.3 Å². The number of hydrogen-bond donors (Lipinski definition) is 1. The average molecular weight is 356 g/mol. The quantitative estimate of drug-likeness (QED) is 0.793. The van der Waals surface area contributed by atoms with Crippen molar-refractivity contribution >= 4 is 29.1 Å². The van der Waals surface area contributed by atoms with Crippen LogP contribution in [0.15, 0.2) is 30.3 Å². The van der Waals surface area contributed by atoms with Crippen LogP contribution in [0.4, 0.5) is 0 Å². The third-order valence-corrected chi connectivity index (χ3v) is 5.42. The number of hydrogen-bond acceptors (Lipinski definition) is 3. The molecular weight excluding hydrogens is 333 g/mol. The van der Waals surface area contributed by atoms with Crippen LogP contribution in [0, 0.1) is 5.92 Å². The molecule has 2 aliphatic rings. The Morgan fingerprint density at radius 1 is 1.13 bits per heavy atom. The van der Waals surface area contributed by atoms with Gasteiger partial charge in [-0.15, -0.1) is 23.2 Å². The van der Waals surface area contributed by atoms with Gasteiger partial charge in [-0.25, -0.2) is 0 Å². The Hall–Kier alpha value is -0.810. The Labute approximate surface area is 147 Å². The summed E-state index contributed by atoms with van der Waals surface area (Å²) >= 11 is 11.8. The molecule has 0 spiro atoms. The maximum Gasteiger partial charge on any atom is 0.226 e. The minimum absolute atomic E-state index is 0.0160. The lowest BCUT2D eigenvalue weighted by molar-refractivity contribution is -0.122. The number of carbonyl (C=O) groups is 1. The second-order valence-electron chi connectivity index (χ2n) is 6.41. The van der Waals surface area contributed by atoms with Crippen molar-refractivity contribution in [1.29, 1.82) is 0 Å². The van der Waals surface area contributed by atoms with E-state index in [1.807, 2.05) is 0 Å². The molecule has 1 heterocycles. The van der Waals surface area contributed by atoms with Gasteiger partial charge in [0.15, 0.2) is 0 Å². The van der Waals surface area contributed by atoms with E-state index in [-0.39, 0.29) is 11.8 Å². The number of carbonyl (C=O) groups excluding carboxylic acids is 1. The fourth-order valence-corrected chi connectivity index (χ4v) is 3.48. The SMILES string of the molecule is O=C(NCCN1CCN(Cc2ccccc2)CC1)C1CC1(Cl)Cl. The van der Waals surface area contributed by atoms with Crippen LogP contribution in [0.25, 0.3) is 0 Å². The van der Waals surface area contributed by atoms with Crippen LogP contribution >= 0.6 is 23.2 Å². The first kappa shape index (κ1) is 17.0. The highest BCUT2D eigenvalue weighted by molar-refractivity contribution is 6.52. The number of amides is 1. The first-order valence-electron chi connectivity index (χ1n) is 8.19. The van der Waals surface area contributed by atoms with Gasteiger partial charge in [-0.05, 0) is 12.0 Å². The van der Waals surface area contributed by atoms with Gasteiger partial charge in [0.05, 0.1) is 5.92 Å². The summed E-state index contributed by atoms with van der Waals surface area (Å²) in [4.78, 5) is 16.7. The van der Waals surface area contributed by atoms with Crippen molar-refractivity contribution in [2.45, 2.75) is 17.3 Å². The number of nitrogens with one attached hydrogen (secondary N) is 1. The van der Waals surface area contributed by atoms with E-state index < -0.39 is 4.33 Å². The van der Waals surface area contributed by atoms with E-state index in [9.17, 15) is 4.79 Å². The van der Waals surface area contributed by atoms with Crippen LogP contribution in [0.1, 0.15) is 12.0 Å². The van der Waals surface area contributed by atoms with Gasteiger partial charge in [-0.1, -0.05) is 30.3 Å². The van der Waals surface area contributed by atoms with E-state index in [0.29, 0.717) is 13.0 Å². The maximum absolute atomic E-state index is 11.8. The highest BCUT2D eigenvalue weighted by atomic mass is 35.5. The summed E-state index contributed by atoms with van der Waals surface area (Å²) in [5.41, 5.74) is 1.36. The first-order chi connectivity index (χ1) is 11.0. The monoisotopic (exact) mass is 355 g/mol. The van der Waals surface area contributed by atoms with Gasteiger partial charge in [0.1, 0.15) is 4.33 Å². The Balaban J connectivity index is 1.31. The lowest BCUT2D eigenvalue weighted by Gasteiger charge is -2.34. The lowest BCUT2D eigenvalue weighted by atomic mass is 10.2. The van der Waals surface area contributed by atoms with Crippen LogP contribution < -0.4 is 5.32 Å². The van der Waals surface area contributed by atoms with E-state index in [1.165, 1.54) is 5.56 Å². The molecule has 1 saturated carbocycles. The molecule has 1 unspecified atom stereocenters. The number of benzene rings is 1. The van der Waals surface area contributed by atoms with Gasteiger partial charge in [0.25, 0.3) is 0 Å². The number of halogens is 2. The van der Waals surface area contributed by atoms with E-state index in [2.05, 4.69) is 45.4 Å². The predicted molar refractivity (Wildman–Crippen MR) is 93.7 cm³/mol. The summed E-state index contributed by atoms with van der Waals surface area (Å²) in [6, 6.07) is 10.6. The molecule has 4 nitrogen and oxygen atoms in total. The van der Waals surface area contributed by atoms with Crippen molar-refractivity contribution in [2.75, 3.05) is 39.3 Å². The first-order valence-corrected chi connectivity index (χ1v) is 8.94. The van der Waals surface area contributed by atoms with E-state index >= 15 is 0 Å². The highest BCUT2D eigenvalue weighted by Crippen LogP contribution is 2.53. The Bertz CT molecular complexity index is 530. The Morgan fingerprint density at radius 2 is 1.74 bits per heavy atom. The van der Waals surface area contributed by atoms with Crippen molar-refractivity contribution in [2.24, 2.45) is 5.92 Å². The third kappa shape index (κ3) is 4.83. The van der Waals surface area contributed by atoms with Gasteiger partial charge in [0.2, 0.25) is 5.91 Å². The number of alkyl halides is 2. The van der Waals surface area contributed by atoms with Gasteiger partial charge >= 0.3 is 0 Å². The van der Waals surface area contributed by atoms with Crippen molar-refractivity contribution in [3.8, 4) is 0 Å². The van der Waals surface area contributed by atoms with Gasteiger partial charge in [-0.3, -0.25) is 14.6 Å². The Kier molecular flexibility index (Phi) is 5.47. The largest absolute Gasteiger partial charge is 0.354 e. The second-order valence-corrected chi connectivity index (χ2v) is 7.95. The zero-order chi connectivity index (χ0) is 16.3. The molecule has 1 aliphatic heterocycles. The standard InChI is InChI=1S/C17H23Cl2N3O/c18-17(19)12-15(17)16(23)20-6-7-21-8-10-22(11-9-21)13-14-4-2-1-3-5-14/h1-5,15H,6-13H2,(H,20,23). The minimum atomic E-state index is -0.826. The van der Waals surface area contributed by atoms with Crippen molar-refractivity contribution in [1.82, 2.24) is 15.1 Å². The zero-order valence-electron chi connectivity index (χ0n) is 13.2. The van der Waals surface area contributed by atoms with Gasteiger partial charge in [0, 0.05) is 45.8 Å². The average Bonchev–Trinajstić information content (AvgIpc) is 3.19. The van der Waals surface area contributed by atoms with Crippen molar-refractivity contribution in [3.05, 3.63) is 35.9 Å². The van der Waals surface area contributed by atoms with Crippen LogP contribution in [-0.4, -0.2) is 59.3 Å². The summed E-state index contributed by atoms with van der Waals surface area (Å²) < 4.78 is -0.826. The fourth-order valence-electron chi connectivity index (χ4n) is 2.97. The summed E-state index contributed by atoms with van der Waals surface area (Å²) in [5, 5.41) is 2.94. The predicted octanol–water partition coefficient (Wildman–Crippen LogP) is 2.11. The molecule has 1 atom stereocenters. The molecule has 1 amide bonds. The zero-order valence-corrected chi connectivity index (χ0v) is 14.7. The van der Waals surface area contributed by atoms with Gasteiger partial charge in [-0.2, -0.15) is 0 Å². The molecule has 1 N–H and O–H groups in total. The molecule has 0 aromatic heterocycles. The molecule has 1 aliphatic carbocycles. The van der Waals surface area contributed by atoms with Crippen LogP contribution in [0.3, 0.4) is 0 Å². The molecule has 1 aromatic rings. The number of piperazine rings is 1. The number of nitrogens with zero attached hydrogens (tertiary/aromatic N) is 2. The minimum Gasteiger partial charge on any atom is -0.354 e. The van der Waals surface area contributed by atoms with Crippen LogP contribution in [0.2, 0.25) is 0 Å². The molecule has 1 saturated heterocycles. The maximum atomic E-state index is 11.8. The molecule has 6 heteroatoms. The normalized spacial score (nSPS) is 24.3. The van der Waals surface area contributed by atoms with E-state index in [4.69, 9.17) is 23.2 Å². The highest BCUT2D eigenvalue weighted by Gasteiger charge is 2.56. The molecule has 0 radical (unpaired) electrons. The van der Waals surface area contributed by atoms with Crippen molar-refractivity contribution in [3.63, 3.8) is 0 Å². The molecule has 23 heavy (non-hydrogen) atoms. The van der Waals surface area contributed by atoms with Crippen LogP contribution in [0.5, 0.6) is 0 Å². The topological polar surface area (TPSA) is 35.6 Å². The summed E-state index contributed by atoms with van der Waals surface area (Å²) in [6.45, 7) is 6.78. The molecule has 2 fully saturated rings. The summed E-state index contributed by atoms with van der Waals surface area (Å²) in [5.74, 6) is -0.244. The fraction of sp³-hybridized carbons (Fsp3) is 0.588. The van der Waals surface area contributed by atoms with E-state index in [1.54, 1.807) is 0 Å². The summed E-state index contributed by atoms with van der Waals surface area (Å²) in [6.07, 6.45) is 0.570. The Morgan fingerprint density at radius 3 is 2.35 bits per heavy atom. The molecule has 126 valence electrons. The second kappa shape index (κ2) is 7.39. The summed E-state index contributed by atoms with van der Waals surface area (Å²) in [7, 11) is 0.